The molecular formula is C10H19NO. The molecule has 1 heterocycles. The Bertz CT molecular complexity index is 167. The molecule has 1 saturated carbocycles. The molecule has 0 aromatic carbocycles. The van der Waals surface area contributed by atoms with Crippen LogP contribution in [0.15, 0.2) is 0 Å². The number of aliphatic hydroxyl groups is 1. The molecule has 12 heavy (non-hydrogen) atoms. The van der Waals surface area contributed by atoms with Gasteiger partial charge in [-0.25, -0.2) is 0 Å². The van der Waals surface area contributed by atoms with Crippen molar-refractivity contribution in [2.24, 2.45) is 17.8 Å². The van der Waals surface area contributed by atoms with Crippen LogP contribution in [0.3, 0.4) is 0 Å². The van der Waals surface area contributed by atoms with Gasteiger partial charge in [0.05, 0.1) is 6.61 Å². The number of likely N-dealkylation sites (tertiary alicyclic amines) is 1. The van der Waals surface area contributed by atoms with Gasteiger partial charge in [-0.15, -0.1) is 0 Å². The van der Waals surface area contributed by atoms with E-state index in [0.717, 1.165) is 17.8 Å². The van der Waals surface area contributed by atoms with Crippen molar-refractivity contribution in [2.45, 2.75) is 25.8 Å². The summed E-state index contributed by atoms with van der Waals surface area (Å²) in [6.45, 7) is 3.85. The van der Waals surface area contributed by atoms with Gasteiger partial charge in [-0.3, -0.25) is 0 Å². The van der Waals surface area contributed by atoms with Crippen LogP contribution in [0.25, 0.3) is 0 Å². The van der Waals surface area contributed by atoms with Gasteiger partial charge in [-0.2, -0.15) is 0 Å². The van der Waals surface area contributed by atoms with E-state index in [2.05, 4.69) is 18.9 Å². The lowest BCUT2D eigenvalue weighted by atomic mass is 9.88. The first-order valence-corrected chi connectivity index (χ1v) is 5.05. The van der Waals surface area contributed by atoms with Gasteiger partial charge in [-0.05, 0) is 37.6 Å². The van der Waals surface area contributed by atoms with Crippen molar-refractivity contribution in [3.05, 3.63) is 0 Å². The van der Waals surface area contributed by atoms with E-state index < -0.39 is 0 Å². The standard InChI is InChI=1S/C10H19NO/c1-7-5-11(2)9(6-12)10(7)8-3-4-8/h7-10,12H,3-6H2,1-2H3/t7?,9-,10+/m0/s1. The molecule has 1 aliphatic heterocycles. The predicted octanol–water partition coefficient (Wildman–Crippen LogP) is 0.955. The van der Waals surface area contributed by atoms with Crippen molar-refractivity contribution in [2.75, 3.05) is 20.2 Å². The van der Waals surface area contributed by atoms with E-state index in [1.165, 1.54) is 19.4 Å². The summed E-state index contributed by atoms with van der Waals surface area (Å²) in [5.74, 6) is 2.50. The first kappa shape index (κ1) is 8.52. The molecule has 2 fully saturated rings. The Kier molecular flexibility index (Phi) is 2.13. The van der Waals surface area contributed by atoms with Crippen LogP contribution in [-0.2, 0) is 0 Å². The van der Waals surface area contributed by atoms with E-state index in [4.69, 9.17) is 0 Å². The average molecular weight is 169 g/mol. The molecule has 2 aliphatic rings. The van der Waals surface area contributed by atoms with Crippen LogP contribution in [0.4, 0.5) is 0 Å². The van der Waals surface area contributed by atoms with Crippen LogP contribution < -0.4 is 0 Å². The lowest BCUT2D eigenvalue weighted by Crippen LogP contribution is -2.33. The monoisotopic (exact) mass is 169 g/mol. The van der Waals surface area contributed by atoms with Crippen LogP contribution >= 0.6 is 0 Å². The van der Waals surface area contributed by atoms with Crippen molar-refractivity contribution in [3.8, 4) is 0 Å². The summed E-state index contributed by atoms with van der Waals surface area (Å²) in [5, 5.41) is 9.26. The van der Waals surface area contributed by atoms with Crippen molar-refractivity contribution in [1.29, 1.82) is 0 Å². The number of rotatable bonds is 2. The van der Waals surface area contributed by atoms with Gasteiger partial charge in [0.2, 0.25) is 0 Å². The van der Waals surface area contributed by atoms with E-state index in [1.54, 1.807) is 0 Å². The van der Waals surface area contributed by atoms with E-state index in [0.29, 0.717) is 12.6 Å². The first-order valence-electron chi connectivity index (χ1n) is 5.05. The first-order chi connectivity index (χ1) is 5.74. The zero-order valence-corrected chi connectivity index (χ0v) is 8.03. The predicted molar refractivity (Wildman–Crippen MR) is 48.9 cm³/mol. The molecule has 1 saturated heterocycles. The summed E-state index contributed by atoms with van der Waals surface area (Å²) >= 11 is 0. The second-order valence-corrected chi connectivity index (χ2v) is 4.58. The highest BCUT2D eigenvalue weighted by atomic mass is 16.3. The normalized spacial score (nSPS) is 43.8. The molecule has 3 atom stereocenters. The molecule has 0 spiro atoms. The molecule has 1 N–H and O–H groups in total. The van der Waals surface area contributed by atoms with Crippen molar-refractivity contribution >= 4 is 0 Å². The van der Waals surface area contributed by atoms with Crippen LogP contribution in [0.2, 0.25) is 0 Å². The van der Waals surface area contributed by atoms with Crippen LogP contribution in [0, 0.1) is 17.8 Å². The number of hydrogen-bond acceptors (Lipinski definition) is 2. The molecule has 0 radical (unpaired) electrons. The second kappa shape index (κ2) is 3.00. The van der Waals surface area contributed by atoms with Gasteiger partial charge >= 0.3 is 0 Å². The Morgan fingerprint density at radius 3 is 2.58 bits per heavy atom. The minimum Gasteiger partial charge on any atom is -0.395 e. The van der Waals surface area contributed by atoms with Crippen molar-refractivity contribution in [3.63, 3.8) is 0 Å². The van der Waals surface area contributed by atoms with Gasteiger partial charge in [0.25, 0.3) is 0 Å². The van der Waals surface area contributed by atoms with Gasteiger partial charge in [0, 0.05) is 12.6 Å². The summed E-state index contributed by atoms with van der Waals surface area (Å²) in [6, 6.07) is 0.451. The average Bonchev–Trinajstić information content (AvgIpc) is 2.78. The van der Waals surface area contributed by atoms with E-state index in [1.807, 2.05) is 0 Å². The number of likely N-dealkylation sites (N-methyl/N-ethyl adjacent to an activating group) is 1. The molecule has 2 heteroatoms. The third-order valence-electron chi connectivity index (χ3n) is 3.60. The lowest BCUT2D eigenvalue weighted by molar-refractivity contribution is 0.145. The van der Waals surface area contributed by atoms with Crippen LogP contribution in [0.5, 0.6) is 0 Å². The number of aliphatic hydroxyl groups excluding tert-OH is 1. The van der Waals surface area contributed by atoms with Crippen molar-refractivity contribution < 1.29 is 5.11 Å². The molecule has 70 valence electrons. The Morgan fingerprint density at radius 1 is 1.42 bits per heavy atom. The molecule has 1 aliphatic carbocycles. The summed E-state index contributed by atoms with van der Waals surface area (Å²) in [5.41, 5.74) is 0. The fourth-order valence-electron chi connectivity index (χ4n) is 2.91. The van der Waals surface area contributed by atoms with E-state index in [9.17, 15) is 5.11 Å². The Morgan fingerprint density at radius 2 is 2.08 bits per heavy atom. The quantitative estimate of drug-likeness (QED) is 0.665. The Labute approximate surface area is 74.6 Å². The van der Waals surface area contributed by atoms with Gasteiger partial charge < -0.3 is 10.0 Å². The maximum absolute atomic E-state index is 9.26. The SMILES string of the molecule is CC1CN(C)[C@@H](CO)[C@H]1C1CC1. The highest BCUT2D eigenvalue weighted by molar-refractivity contribution is 4.97. The third kappa shape index (κ3) is 1.27. The van der Waals surface area contributed by atoms with E-state index >= 15 is 0 Å². The van der Waals surface area contributed by atoms with Gasteiger partial charge in [0.15, 0.2) is 0 Å². The fraction of sp³-hybridized carbons (Fsp3) is 1.00. The molecular weight excluding hydrogens is 150 g/mol. The number of hydrogen-bond donors (Lipinski definition) is 1. The minimum atomic E-state index is 0.349. The topological polar surface area (TPSA) is 23.5 Å². The molecule has 0 aromatic rings. The zero-order valence-electron chi connectivity index (χ0n) is 8.03. The summed E-state index contributed by atoms with van der Waals surface area (Å²) in [7, 11) is 2.14. The zero-order chi connectivity index (χ0) is 8.72. The second-order valence-electron chi connectivity index (χ2n) is 4.58. The molecule has 2 rings (SSSR count). The van der Waals surface area contributed by atoms with Crippen LogP contribution in [0.1, 0.15) is 19.8 Å². The lowest BCUT2D eigenvalue weighted by Gasteiger charge is -2.23. The molecule has 0 aromatic heterocycles. The summed E-state index contributed by atoms with van der Waals surface area (Å²) in [4.78, 5) is 2.33. The van der Waals surface area contributed by atoms with Gasteiger partial charge in [0.1, 0.15) is 0 Å². The van der Waals surface area contributed by atoms with E-state index in [-0.39, 0.29) is 0 Å². The minimum absolute atomic E-state index is 0.349. The number of nitrogens with zero attached hydrogens (tertiary/aromatic N) is 1. The molecule has 0 bridgehead atoms. The highest BCUT2D eigenvalue weighted by Gasteiger charge is 2.45. The van der Waals surface area contributed by atoms with Crippen LogP contribution in [-0.4, -0.2) is 36.2 Å². The fourth-order valence-corrected chi connectivity index (χ4v) is 2.91. The maximum atomic E-state index is 9.26. The molecule has 2 nitrogen and oxygen atoms in total. The Balaban J connectivity index is 2.06. The maximum Gasteiger partial charge on any atom is 0.0589 e. The molecule has 1 unspecified atom stereocenters. The Hall–Kier alpha value is -0.0800. The highest BCUT2D eigenvalue weighted by Crippen LogP contribution is 2.46. The smallest absolute Gasteiger partial charge is 0.0589 e. The third-order valence-corrected chi connectivity index (χ3v) is 3.60. The van der Waals surface area contributed by atoms with Crippen molar-refractivity contribution in [1.82, 2.24) is 4.90 Å². The van der Waals surface area contributed by atoms with Gasteiger partial charge in [-0.1, -0.05) is 6.92 Å². The molecule has 0 amide bonds. The largest absolute Gasteiger partial charge is 0.395 e. The summed E-state index contributed by atoms with van der Waals surface area (Å²) < 4.78 is 0. The summed E-state index contributed by atoms with van der Waals surface area (Å²) in [6.07, 6.45) is 2.80.